The molecule has 0 aromatic carbocycles. The highest BCUT2D eigenvalue weighted by atomic mass is 127. The predicted molar refractivity (Wildman–Crippen MR) is 131 cm³/mol. The summed E-state index contributed by atoms with van der Waals surface area (Å²) in [6.07, 6.45) is 1.56. The first-order chi connectivity index (χ1) is 14.9. The minimum absolute atomic E-state index is 0.0448. The highest BCUT2D eigenvalue weighted by Gasteiger charge is 2.32. The van der Waals surface area contributed by atoms with Crippen LogP contribution < -0.4 is 9.79 Å². The number of carbonyl (C=O) groups excluding carboxylic acids is 1. The number of hydrogen-bond acceptors (Lipinski definition) is 6. The van der Waals surface area contributed by atoms with E-state index < -0.39 is 31.9 Å². The Labute approximate surface area is 206 Å². The lowest BCUT2D eigenvalue weighted by molar-refractivity contribution is -0.894. The molecule has 1 aliphatic rings. The molecule has 0 spiro atoms. The third-order valence-electron chi connectivity index (χ3n) is 5.83. The van der Waals surface area contributed by atoms with E-state index in [-0.39, 0.29) is 24.4 Å². The first kappa shape index (κ1) is 31.5. The van der Waals surface area contributed by atoms with Gasteiger partial charge in [0.15, 0.2) is 0 Å². The van der Waals surface area contributed by atoms with Crippen LogP contribution in [0.3, 0.4) is 0 Å². The quantitative estimate of drug-likeness (QED) is 0.146. The van der Waals surface area contributed by atoms with Crippen molar-refractivity contribution in [3.05, 3.63) is 12.2 Å². The van der Waals surface area contributed by atoms with Gasteiger partial charge in [-0.05, 0) is 43.5 Å². The van der Waals surface area contributed by atoms with E-state index in [1.807, 2.05) is 13.8 Å². The lowest BCUT2D eigenvalue weighted by atomic mass is 9.85. The summed E-state index contributed by atoms with van der Waals surface area (Å²) in [7, 11) is -4.96. The zero-order valence-electron chi connectivity index (χ0n) is 19.9. The molecule has 8 nitrogen and oxygen atoms in total. The average molecular weight is 587 g/mol. The predicted octanol–water partition coefficient (Wildman–Crippen LogP) is 1.69. The Kier molecular flexibility index (Phi) is 16.0. The number of halogens is 1. The number of cyclic esters (lactones) is 1. The normalized spacial score (nSPS) is 23.5. The van der Waals surface area contributed by atoms with E-state index in [4.69, 9.17) is 14.2 Å². The van der Waals surface area contributed by atoms with Crippen molar-refractivity contribution in [3.63, 3.8) is 0 Å². The molecule has 0 saturated heterocycles. The standard InChI is InChI=1S/C16H24IO7P.C6H15N/c1-10(16-11(2)5-7-15(19)23-16)4-6-14(24-25(20,21)22)12(3)13(18)8-9-17;1-4-7(5-2)6-3/h5,7,10-14,16,18H,4,6H2,1-3H3,(H2,20,21,22);4-6H2,1-3H3/t10-,11-,12-,13-,14-,16-;/m0./s1. The molecule has 0 saturated carbocycles. The fraction of sp³-hybridized carbons (Fsp3) is 0.773. The first-order valence-electron chi connectivity index (χ1n) is 11.1. The highest BCUT2D eigenvalue weighted by molar-refractivity contribution is 14.1. The minimum Gasteiger partial charge on any atom is -0.756 e. The summed E-state index contributed by atoms with van der Waals surface area (Å²) in [5.74, 6) is 1.50. The van der Waals surface area contributed by atoms with Crippen LogP contribution in [0.1, 0.15) is 54.4 Å². The molecular weight excluding hydrogens is 548 g/mol. The molecule has 3 N–H and O–H groups in total. The van der Waals surface area contributed by atoms with E-state index in [9.17, 15) is 19.4 Å². The van der Waals surface area contributed by atoms with Crippen molar-refractivity contribution in [2.24, 2.45) is 17.8 Å². The zero-order valence-corrected chi connectivity index (χ0v) is 23.0. The summed E-state index contributed by atoms with van der Waals surface area (Å²) >= 11 is 1.77. The smallest absolute Gasteiger partial charge is 0.330 e. The Morgan fingerprint density at radius 2 is 1.84 bits per heavy atom. The van der Waals surface area contributed by atoms with Crippen LogP contribution >= 0.6 is 30.4 Å². The SMILES string of the molecule is CC[NH+](CC)CC.C[C@H]([C@H](CC[C@H](C)[C@@H]1OC(=O)C=C[C@@H]1C)OP(=O)([O-])O)[C@@H](O)C#CI. The molecule has 0 aromatic heterocycles. The van der Waals surface area contributed by atoms with Crippen LogP contribution in [-0.4, -0.2) is 53.9 Å². The van der Waals surface area contributed by atoms with Crippen molar-refractivity contribution in [2.45, 2.75) is 72.7 Å². The van der Waals surface area contributed by atoms with E-state index in [1.165, 1.54) is 25.7 Å². The second-order valence-corrected chi connectivity index (χ2v) is 9.83. The number of carbonyl (C=O) groups is 1. The van der Waals surface area contributed by atoms with Gasteiger partial charge in [-0.25, -0.2) is 4.79 Å². The topological polar surface area (TPSA) is 121 Å². The molecule has 0 bridgehead atoms. The van der Waals surface area contributed by atoms with Crippen molar-refractivity contribution >= 4 is 36.4 Å². The molecule has 0 aromatic rings. The van der Waals surface area contributed by atoms with Gasteiger partial charge in [-0.3, -0.25) is 4.57 Å². The van der Waals surface area contributed by atoms with E-state index in [0.29, 0.717) is 6.42 Å². The third kappa shape index (κ3) is 12.7. The van der Waals surface area contributed by atoms with Gasteiger partial charge in [0.2, 0.25) is 0 Å². The molecule has 0 aliphatic carbocycles. The first-order valence-corrected chi connectivity index (χ1v) is 13.7. The lowest BCUT2D eigenvalue weighted by Crippen LogP contribution is -3.11. The molecule has 10 heteroatoms. The summed E-state index contributed by atoms with van der Waals surface area (Å²) in [5.41, 5.74) is 0. The molecule has 186 valence electrons. The van der Waals surface area contributed by atoms with Crippen molar-refractivity contribution in [1.82, 2.24) is 0 Å². The number of phosphoric ester groups is 1. The van der Waals surface area contributed by atoms with Crippen molar-refractivity contribution in [2.75, 3.05) is 19.6 Å². The zero-order chi connectivity index (χ0) is 24.9. The Morgan fingerprint density at radius 1 is 1.28 bits per heavy atom. The molecule has 0 fully saturated rings. The Balaban J connectivity index is 0.00000118. The number of quaternary nitrogens is 1. The van der Waals surface area contributed by atoms with Gasteiger partial charge in [0, 0.05) is 40.5 Å². The lowest BCUT2D eigenvalue weighted by Gasteiger charge is -2.33. The summed E-state index contributed by atoms with van der Waals surface area (Å²) in [6, 6.07) is 0. The van der Waals surface area contributed by atoms with Crippen LogP contribution in [0.25, 0.3) is 0 Å². The maximum Gasteiger partial charge on any atom is 0.330 e. The number of aliphatic hydroxyl groups is 1. The van der Waals surface area contributed by atoms with Crippen molar-refractivity contribution < 1.29 is 38.4 Å². The van der Waals surface area contributed by atoms with Gasteiger partial charge in [0.25, 0.3) is 7.82 Å². The molecule has 1 unspecified atom stereocenters. The Hall–Kier alpha value is -0.470. The largest absolute Gasteiger partial charge is 0.756 e. The van der Waals surface area contributed by atoms with Gasteiger partial charge < -0.3 is 29.1 Å². The van der Waals surface area contributed by atoms with Crippen LogP contribution in [0, 0.1) is 27.6 Å². The second kappa shape index (κ2) is 16.2. The van der Waals surface area contributed by atoms with E-state index >= 15 is 0 Å². The molecule has 7 atom stereocenters. The number of phosphoric acid groups is 1. The molecule has 1 aliphatic heterocycles. The number of hydrogen-bond donors (Lipinski definition) is 3. The molecule has 0 radical (unpaired) electrons. The number of esters is 1. The maximum atomic E-state index is 11.4. The van der Waals surface area contributed by atoms with E-state index in [2.05, 4.69) is 30.6 Å². The van der Waals surface area contributed by atoms with Crippen LogP contribution in [0.4, 0.5) is 0 Å². The van der Waals surface area contributed by atoms with Gasteiger partial charge in [-0.2, -0.15) is 0 Å². The molecule has 1 heterocycles. The van der Waals surface area contributed by atoms with Crippen molar-refractivity contribution in [1.29, 1.82) is 0 Å². The molecule has 1 rings (SSSR count). The molecule has 32 heavy (non-hydrogen) atoms. The minimum atomic E-state index is -4.96. The van der Waals surface area contributed by atoms with Crippen LogP contribution in [0.15, 0.2) is 12.2 Å². The monoisotopic (exact) mass is 587 g/mol. The summed E-state index contributed by atoms with van der Waals surface area (Å²) in [4.78, 5) is 33.3. The van der Waals surface area contributed by atoms with E-state index in [0.717, 1.165) is 0 Å². The van der Waals surface area contributed by atoms with Gasteiger partial charge in [0.05, 0.1) is 25.7 Å². The van der Waals surface area contributed by atoms with Gasteiger partial charge >= 0.3 is 5.97 Å². The maximum absolute atomic E-state index is 11.4. The Bertz CT molecular complexity index is 678. The van der Waals surface area contributed by atoms with Gasteiger partial charge in [0.1, 0.15) is 12.2 Å². The van der Waals surface area contributed by atoms with Crippen LogP contribution in [-0.2, 0) is 18.6 Å². The fourth-order valence-corrected chi connectivity index (χ4v) is 4.53. The molecular formula is C22H39INO7P. The summed E-state index contributed by atoms with van der Waals surface area (Å²) in [6.45, 7) is 15.9. The van der Waals surface area contributed by atoms with Crippen molar-refractivity contribution in [3.8, 4) is 9.85 Å². The third-order valence-corrected chi connectivity index (χ3v) is 6.68. The number of rotatable bonds is 11. The summed E-state index contributed by atoms with van der Waals surface area (Å²) < 4.78 is 23.8. The average Bonchev–Trinajstić information content (AvgIpc) is 2.73. The second-order valence-electron chi connectivity index (χ2n) is 8.14. The van der Waals surface area contributed by atoms with E-state index in [1.54, 1.807) is 40.5 Å². The van der Waals surface area contributed by atoms with Gasteiger partial charge in [-0.1, -0.05) is 32.8 Å². The van der Waals surface area contributed by atoms with Crippen LogP contribution in [0.5, 0.6) is 0 Å². The Morgan fingerprint density at radius 3 is 2.28 bits per heavy atom. The fourth-order valence-electron chi connectivity index (χ4n) is 3.57. The highest BCUT2D eigenvalue weighted by Crippen LogP contribution is 2.38. The van der Waals surface area contributed by atoms with Gasteiger partial charge in [-0.15, -0.1) is 0 Å². The number of ether oxygens (including phenoxy) is 1. The summed E-state index contributed by atoms with van der Waals surface area (Å²) in [5, 5.41) is 9.97. The molecule has 0 amide bonds. The number of aliphatic hydroxyl groups excluding tert-OH is 1. The van der Waals surface area contributed by atoms with Crippen LogP contribution in [0.2, 0.25) is 0 Å². The number of nitrogens with one attached hydrogen (secondary N) is 1.